The van der Waals surface area contributed by atoms with Crippen LogP contribution in [0.4, 0.5) is 0 Å². The smallest absolute Gasteiger partial charge is 0.261 e. The van der Waals surface area contributed by atoms with Crippen molar-refractivity contribution in [3.8, 4) is 5.75 Å². The van der Waals surface area contributed by atoms with Gasteiger partial charge in [-0.25, -0.2) is 0 Å². The molecule has 0 aliphatic heterocycles. The van der Waals surface area contributed by atoms with E-state index >= 15 is 0 Å². The second-order valence-corrected chi connectivity index (χ2v) is 7.64. The third kappa shape index (κ3) is 6.65. The highest BCUT2D eigenvalue weighted by Crippen LogP contribution is 2.24. The molecule has 1 N–H and O–H groups in total. The van der Waals surface area contributed by atoms with Crippen molar-refractivity contribution >= 4 is 35.0 Å². The number of rotatable bonds is 9. The fourth-order valence-electron chi connectivity index (χ4n) is 2.64. The molecule has 2 atom stereocenters. The van der Waals surface area contributed by atoms with Crippen LogP contribution < -0.4 is 10.1 Å². The standard InChI is InChI=1S/C22H26Cl2N2O3/c1-4-15(2)25-22(28)16(3)26(13-17-9-5-6-10-18(17)23)21(27)14-29-20-12-8-7-11-19(20)24/h5-12,15-16H,4,13-14H2,1-3H3,(H,25,28)/t15-,16-/m1/s1. The summed E-state index contributed by atoms with van der Waals surface area (Å²) in [4.78, 5) is 27.1. The van der Waals surface area contributed by atoms with E-state index in [1.54, 1.807) is 37.3 Å². The van der Waals surface area contributed by atoms with Gasteiger partial charge in [-0.1, -0.05) is 60.5 Å². The maximum Gasteiger partial charge on any atom is 0.261 e. The number of nitrogens with zero attached hydrogens (tertiary/aromatic N) is 1. The number of para-hydroxylation sites is 1. The van der Waals surface area contributed by atoms with Gasteiger partial charge in [0, 0.05) is 17.6 Å². The summed E-state index contributed by atoms with van der Waals surface area (Å²) in [6.07, 6.45) is 0.798. The lowest BCUT2D eigenvalue weighted by molar-refractivity contribution is -0.142. The number of carbonyl (C=O) groups excluding carboxylic acids is 2. The molecule has 2 rings (SSSR count). The van der Waals surface area contributed by atoms with Crippen LogP contribution in [0.15, 0.2) is 48.5 Å². The first-order valence-electron chi connectivity index (χ1n) is 9.54. The zero-order chi connectivity index (χ0) is 21.4. The Morgan fingerprint density at radius 2 is 1.66 bits per heavy atom. The van der Waals surface area contributed by atoms with Gasteiger partial charge in [0.1, 0.15) is 11.8 Å². The highest BCUT2D eigenvalue weighted by atomic mass is 35.5. The number of hydrogen-bond acceptors (Lipinski definition) is 3. The van der Waals surface area contributed by atoms with Crippen molar-refractivity contribution in [3.63, 3.8) is 0 Å². The molecule has 5 nitrogen and oxygen atoms in total. The van der Waals surface area contributed by atoms with Crippen molar-refractivity contribution in [2.75, 3.05) is 6.61 Å². The van der Waals surface area contributed by atoms with Crippen molar-refractivity contribution in [1.29, 1.82) is 0 Å². The summed E-state index contributed by atoms with van der Waals surface area (Å²) >= 11 is 12.4. The summed E-state index contributed by atoms with van der Waals surface area (Å²) in [5, 5.41) is 3.87. The van der Waals surface area contributed by atoms with Crippen molar-refractivity contribution in [2.45, 2.75) is 45.8 Å². The highest BCUT2D eigenvalue weighted by molar-refractivity contribution is 6.32. The van der Waals surface area contributed by atoms with Crippen molar-refractivity contribution in [1.82, 2.24) is 10.2 Å². The van der Waals surface area contributed by atoms with Gasteiger partial charge < -0.3 is 15.0 Å². The molecule has 0 heterocycles. The zero-order valence-electron chi connectivity index (χ0n) is 16.8. The average Bonchev–Trinajstić information content (AvgIpc) is 2.71. The predicted molar refractivity (Wildman–Crippen MR) is 116 cm³/mol. The Kier molecular flexibility index (Phi) is 8.80. The molecule has 0 aromatic heterocycles. The van der Waals surface area contributed by atoms with Gasteiger partial charge in [0.05, 0.1) is 5.02 Å². The number of ether oxygens (including phenoxy) is 1. The Balaban J connectivity index is 2.18. The second kappa shape index (κ2) is 11.1. The van der Waals surface area contributed by atoms with Crippen molar-refractivity contribution in [2.24, 2.45) is 0 Å². The summed E-state index contributed by atoms with van der Waals surface area (Å²) in [6, 6.07) is 13.5. The van der Waals surface area contributed by atoms with E-state index < -0.39 is 6.04 Å². The van der Waals surface area contributed by atoms with E-state index in [4.69, 9.17) is 27.9 Å². The van der Waals surface area contributed by atoms with Gasteiger partial charge in [-0.05, 0) is 44.0 Å². The lowest BCUT2D eigenvalue weighted by Crippen LogP contribution is -2.50. The fourth-order valence-corrected chi connectivity index (χ4v) is 3.03. The molecule has 0 fully saturated rings. The topological polar surface area (TPSA) is 58.6 Å². The molecule has 0 aliphatic rings. The van der Waals surface area contributed by atoms with Crippen LogP contribution >= 0.6 is 23.2 Å². The van der Waals surface area contributed by atoms with Crippen LogP contribution in [-0.4, -0.2) is 35.4 Å². The number of benzene rings is 2. The van der Waals surface area contributed by atoms with E-state index in [2.05, 4.69) is 5.32 Å². The van der Waals surface area contributed by atoms with E-state index in [1.165, 1.54) is 4.90 Å². The van der Waals surface area contributed by atoms with Crippen LogP contribution in [0.3, 0.4) is 0 Å². The lowest BCUT2D eigenvalue weighted by Gasteiger charge is -2.30. The first-order chi connectivity index (χ1) is 13.8. The van der Waals surface area contributed by atoms with Crippen LogP contribution in [0.5, 0.6) is 5.75 Å². The summed E-state index contributed by atoms with van der Waals surface area (Å²) in [6.45, 7) is 5.56. The molecule has 0 radical (unpaired) electrons. The molecule has 0 bridgehead atoms. The fraction of sp³-hybridized carbons (Fsp3) is 0.364. The molecule has 156 valence electrons. The molecule has 7 heteroatoms. The predicted octanol–water partition coefficient (Wildman–Crippen LogP) is 4.70. The third-order valence-corrected chi connectivity index (χ3v) is 5.34. The SMILES string of the molecule is CC[C@@H](C)NC(=O)[C@@H](C)N(Cc1ccccc1Cl)C(=O)COc1ccccc1Cl. The quantitative estimate of drug-likeness (QED) is 0.619. The Hall–Kier alpha value is -2.24. The molecule has 29 heavy (non-hydrogen) atoms. The molecule has 0 spiro atoms. The first-order valence-corrected chi connectivity index (χ1v) is 10.3. The highest BCUT2D eigenvalue weighted by Gasteiger charge is 2.27. The summed E-state index contributed by atoms with van der Waals surface area (Å²) in [5.74, 6) is -0.147. The van der Waals surface area contributed by atoms with E-state index in [0.717, 1.165) is 12.0 Å². The molecule has 0 saturated heterocycles. The Morgan fingerprint density at radius 1 is 1.03 bits per heavy atom. The molecule has 2 amide bonds. The van der Waals surface area contributed by atoms with Crippen molar-refractivity contribution in [3.05, 3.63) is 64.1 Å². The molecular formula is C22H26Cl2N2O3. The largest absolute Gasteiger partial charge is 0.482 e. The van der Waals surface area contributed by atoms with Gasteiger partial charge in [0.2, 0.25) is 5.91 Å². The molecule has 2 aromatic rings. The Labute approximate surface area is 181 Å². The Bertz CT molecular complexity index is 844. The van der Waals surface area contributed by atoms with Gasteiger partial charge in [0.15, 0.2) is 6.61 Å². The minimum absolute atomic E-state index is 0.0154. The van der Waals surface area contributed by atoms with Gasteiger partial charge in [-0.2, -0.15) is 0 Å². The molecule has 0 aliphatic carbocycles. The van der Waals surface area contributed by atoms with E-state index in [9.17, 15) is 9.59 Å². The van der Waals surface area contributed by atoms with Crippen LogP contribution in [0.1, 0.15) is 32.8 Å². The van der Waals surface area contributed by atoms with Crippen LogP contribution in [0, 0.1) is 0 Å². The van der Waals surface area contributed by atoms with Gasteiger partial charge in [-0.15, -0.1) is 0 Å². The van der Waals surface area contributed by atoms with Gasteiger partial charge in [0.25, 0.3) is 5.91 Å². The molecular weight excluding hydrogens is 411 g/mol. The molecule has 0 saturated carbocycles. The van der Waals surface area contributed by atoms with Gasteiger partial charge in [-0.3, -0.25) is 9.59 Å². The van der Waals surface area contributed by atoms with Crippen LogP contribution in [0.25, 0.3) is 0 Å². The molecule has 0 unspecified atom stereocenters. The maximum atomic E-state index is 13.0. The maximum absolute atomic E-state index is 13.0. The third-order valence-electron chi connectivity index (χ3n) is 4.65. The number of nitrogens with one attached hydrogen (secondary N) is 1. The average molecular weight is 437 g/mol. The van der Waals surface area contributed by atoms with Crippen LogP contribution in [0.2, 0.25) is 10.0 Å². The van der Waals surface area contributed by atoms with E-state index in [1.807, 2.05) is 32.0 Å². The van der Waals surface area contributed by atoms with Gasteiger partial charge >= 0.3 is 0 Å². The minimum Gasteiger partial charge on any atom is -0.482 e. The summed E-state index contributed by atoms with van der Waals surface area (Å²) < 4.78 is 5.59. The monoisotopic (exact) mass is 436 g/mol. The first kappa shape index (κ1) is 23.0. The number of carbonyl (C=O) groups is 2. The minimum atomic E-state index is -0.692. The van der Waals surface area contributed by atoms with Crippen molar-refractivity contribution < 1.29 is 14.3 Å². The number of halogens is 2. The van der Waals surface area contributed by atoms with E-state index in [0.29, 0.717) is 15.8 Å². The lowest BCUT2D eigenvalue weighted by atomic mass is 10.1. The summed E-state index contributed by atoms with van der Waals surface area (Å²) in [7, 11) is 0. The molecule has 2 aromatic carbocycles. The Morgan fingerprint density at radius 3 is 2.28 bits per heavy atom. The normalized spacial score (nSPS) is 12.7. The second-order valence-electron chi connectivity index (χ2n) is 6.83. The number of amides is 2. The summed E-state index contributed by atoms with van der Waals surface area (Å²) in [5.41, 5.74) is 0.753. The van der Waals surface area contributed by atoms with E-state index in [-0.39, 0.29) is 31.0 Å². The number of hydrogen-bond donors (Lipinski definition) is 1. The van der Waals surface area contributed by atoms with Crippen LogP contribution in [-0.2, 0) is 16.1 Å². The zero-order valence-corrected chi connectivity index (χ0v) is 18.3.